The van der Waals surface area contributed by atoms with E-state index in [9.17, 15) is 0 Å². The van der Waals surface area contributed by atoms with Gasteiger partial charge >= 0.3 is 0 Å². The molecule has 124 valence electrons. The fraction of sp³-hybridized carbons (Fsp3) is 0.765. The number of likely N-dealkylation sites (tertiary alicyclic amines) is 1. The highest BCUT2D eigenvalue weighted by Crippen LogP contribution is 2.28. The quantitative estimate of drug-likeness (QED) is 0.686. The van der Waals surface area contributed by atoms with Gasteiger partial charge in [0.2, 0.25) is 0 Å². The van der Waals surface area contributed by atoms with Crippen LogP contribution in [0.3, 0.4) is 0 Å². The molecule has 0 spiro atoms. The van der Waals surface area contributed by atoms with Crippen molar-refractivity contribution in [2.75, 3.05) is 26.7 Å². The molecule has 0 saturated carbocycles. The van der Waals surface area contributed by atoms with Gasteiger partial charge in [0.15, 0.2) is 5.96 Å². The zero-order valence-electron chi connectivity index (χ0n) is 15.0. The van der Waals surface area contributed by atoms with E-state index in [0.29, 0.717) is 11.3 Å². The van der Waals surface area contributed by atoms with Crippen molar-refractivity contribution >= 4 is 5.96 Å². The average molecular weight is 305 g/mol. The average Bonchev–Trinajstić information content (AvgIpc) is 2.93. The summed E-state index contributed by atoms with van der Waals surface area (Å²) in [6.07, 6.45) is 1.23. The van der Waals surface area contributed by atoms with Crippen molar-refractivity contribution in [3.8, 4) is 0 Å². The lowest BCUT2D eigenvalue weighted by molar-refractivity contribution is 0.366. The first-order chi connectivity index (χ1) is 10.3. The van der Waals surface area contributed by atoms with E-state index in [4.69, 9.17) is 0 Å². The number of guanidine groups is 1. The lowest BCUT2D eigenvalue weighted by Gasteiger charge is -2.25. The first-order valence-electron chi connectivity index (χ1n) is 8.27. The summed E-state index contributed by atoms with van der Waals surface area (Å²) >= 11 is 0. The molecule has 0 aliphatic carbocycles. The van der Waals surface area contributed by atoms with Gasteiger partial charge in [-0.05, 0) is 37.7 Å². The Bertz CT molecular complexity index is 529. The van der Waals surface area contributed by atoms with Crippen molar-refractivity contribution in [3.05, 3.63) is 17.5 Å². The Morgan fingerprint density at radius 1 is 1.45 bits per heavy atom. The number of hydrogen-bond donors (Lipinski definition) is 1. The molecule has 1 aliphatic heterocycles. The molecule has 0 radical (unpaired) electrons. The van der Waals surface area contributed by atoms with Crippen molar-refractivity contribution in [1.82, 2.24) is 20.0 Å². The molecule has 1 fully saturated rings. The molecule has 1 unspecified atom stereocenters. The monoisotopic (exact) mass is 305 g/mol. The smallest absolute Gasteiger partial charge is 0.193 e. The van der Waals surface area contributed by atoms with Gasteiger partial charge in [0.25, 0.3) is 0 Å². The van der Waals surface area contributed by atoms with Crippen LogP contribution in [-0.4, -0.2) is 47.3 Å². The van der Waals surface area contributed by atoms with Gasteiger partial charge in [0, 0.05) is 38.9 Å². The molecule has 0 amide bonds. The SMILES string of the molecule is CN=C(NCC(C)Cn1nc(C)cc1C)N1CCC(C)(C)C1. The van der Waals surface area contributed by atoms with Crippen molar-refractivity contribution < 1.29 is 0 Å². The van der Waals surface area contributed by atoms with Gasteiger partial charge in [0.05, 0.1) is 5.69 Å². The van der Waals surface area contributed by atoms with Crippen LogP contribution in [0.1, 0.15) is 38.6 Å². The molecule has 0 bridgehead atoms. The van der Waals surface area contributed by atoms with Crippen LogP contribution in [-0.2, 0) is 6.54 Å². The molecule has 1 aromatic rings. The predicted octanol–water partition coefficient (Wildman–Crippen LogP) is 2.44. The maximum Gasteiger partial charge on any atom is 0.193 e. The van der Waals surface area contributed by atoms with Crippen LogP contribution in [0, 0.1) is 25.2 Å². The van der Waals surface area contributed by atoms with Crippen molar-refractivity contribution in [3.63, 3.8) is 0 Å². The first-order valence-corrected chi connectivity index (χ1v) is 8.27. The summed E-state index contributed by atoms with van der Waals surface area (Å²) in [5, 5.41) is 8.07. The molecule has 1 aliphatic rings. The summed E-state index contributed by atoms with van der Waals surface area (Å²) in [4.78, 5) is 6.82. The molecule has 5 nitrogen and oxygen atoms in total. The van der Waals surface area contributed by atoms with Gasteiger partial charge in [-0.25, -0.2) is 0 Å². The highest BCUT2D eigenvalue weighted by Gasteiger charge is 2.30. The number of nitrogens with zero attached hydrogens (tertiary/aromatic N) is 4. The maximum atomic E-state index is 4.54. The molecule has 5 heteroatoms. The van der Waals surface area contributed by atoms with Crippen LogP contribution in [0.5, 0.6) is 0 Å². The molecule has 22 heavy (non-hydrogen) atoms. The van der Waals surface area contributed by atoms with Gasteiger partial charge in [-0.2, -0.15) is 5.10 Å². The third-order valence-electron chi connectivity index (χ3n) is 4.39. The van der Waals surface area contributed by atoms with Crippen LogP contribution in [0.15, 0.2) is 11.1 Å². The number of nitrogens with one attached hydrogen (secondary N) is 1. The number of hydrogen-bond acceptors (Lipinski definition) is 2. The highest BCUT2D eigenvalue weighted by atomic mass is 15.3. The molecular formula is C17H31N5. The summed E-state index contributed by atoms with van der Waals surface area (Å²) in [5.41, 5.74) is 2.72. The van der Waals surface area contributed by atoms with E-state index >= 15 is 0 Å². The highest BCUT2D eigenvalue weighted by molar-refractivity contribution is 5.80. The molecule has 2 heterocycles. The Morgan fingerprint density at radius 3 is 2.68 bits per heavy atom. The topological polar surface area (TPSA) is 45.5 Å². The van der Waals surface area contributed by atoms with Gasteiger partial charge in [-0.15, -0.1) is 0 Å². The minimum atomic E-state index is 0.396. The van der Waals surface area contributed by atoms with E-state index in [1.807, 2.05) is 14.0 Å². The Labute approximate surface area is 134 Å². The van der Waals surface area contributed by atoms with E-state index in [1.165, 1.54) is 12.1 Å². The lowest BCUT2D eigenvalue weighted by atomic mass is 9.93. The molecule has 0 aromatic carbocycles. The van der Waals surface area contributed by atoms with Crippen LogP contribution < -0.4 is 5.32 Å². The summed E-state index contributed by atoms with van der Waals surface area (Å²) in [6, 6.07) is 2.13. The van der Waals surface area contributed by atoms with E-state index in [-0.39, 0.29) is 0 Å². The van der Waals surface area contributed by atoms with Crippen molar-refractivity contribution in [1.29, 1.82) is 0 Å². The van der Waals surface area contributed by atoms with Crippen LogP contribution >= 0.6 is 0 Å². The fourth-order valence-electron chi connectivity index (χ4n) is 3.11. The minimum Gasteiger partial charge on any atom is -0.356 e. The second-order valence-electron chi connectivity index (χ2n) is 7.48. The van der Waals surface area contributed by atoms with Crippen LogP contribution in [0.4, 0.5) is 0 Å². The third kappa shape index (κ3) is 4.24. The number of rotatable bonds is 4. The van der Waals surface area contributed by atoms with Gasteiger partial charge < -0.3 is 10.2 Å². The van der Waals surface area contributed by atoms with E-state index in [1.54, 1.807) is 0 Å². The zero-order valence-corrected chi connectivity index (χ0v) is 15.0. The van der Waals surface area contributed by atoms with Crippen LogP contribution in [0.2, 0.25) is 0 Å². The Kier molecular flexibility index (Phi) is 5.14. The first kappa shape index (κ1) is 16.8. The largest absolute Gasteiger partial charge is 0.356 e. The lowest BCUT2D eigenvalue weighted by Crippen LogP contribution is -2.42. The Hall–Kier alpha value is -1.52. The number of aliphatic imine (C=N–C) groups is 1. The summed E-state index contributed by atoms with van der Waals surface area (Å²) in [6.45, 7) is 15.1. The molecule has 1 N–H and O–H groups in total. The molecule has 2 rings (SSSR count). The van der Waals surface area contributed by atoms with Gasteiger partial charge in [0.1, 0.15) is 0 Å². The molecule has 1 saturated heterocycles. The molecule has 1 aromatic heterocycles. The minimum absolute atomic E-state index is 0.396. The summed E-state index contributed by atoms with van der Waals surface area (Å²) < 4.78 is 2.10. The maximum absolute atomic E-state index is 4.54. The summed E-state index contributed by atoms with van der Waals surface area (Å²) in [7, 11) is 1.87. The van der Waals surface area contributed by atoms with Crippen molar-refractivity contribution in [2.24, 2.45) is 16.3 Å². The van der Waals surface area contributed by atoms with Gasteiger partial charge in [-0.3, -0.25) is 9.67 Å². The van der Waals surface area contributed by atoms with Gasteiger partial charge in [-0.1, -0.05) is 20.8 Å². The Morgan fingerprint density at radius 2 is 2.18 bits per heavy atom. The molecule has 1 atom stereocenters. The summed E-state index contributed by atoms with van der Waals surface area (Å²) in [5.74, 6) is 1.54. The normalized spacial score (nSPS) is 19.5. The zero-order chi connectivity index (χ0) is 16.3. The standard InChI is InChI=1S/C17H31N5/c1-13(11-22-15(3)9-14(2)20-22)10-19-16(18-6)21-8-7-17(4,5)12-21/h9,13H,7-8,10-12H2,1-6H3,(H,18,19). The second-order valence-corrected chi connectivity index (χ2v) is 7.48. The second kappa shape index (κ2) is 6.71. The van der Waals surface area contributed by atoms with Crippen LogP contribution in [0.25, 0.3) is 0 Å². The Balaban J connectivity index is 1.84. The fourth-order valence-corrected chi connectivity index (χ4v) is 3.11. The van der Waals surface area contributed by atoms with E-state index in [2.05, 4.69) is 58.8 Å². The van der Waals surface area contributed by atoms with E-state index in [0.717, 1.165) is 37.8 Å². The number of aryl methyl sites for hydroxylation is 2. The third-order valence-corrected chi connectivity index (χ3v) is 4.39. The van der Waals surface area contributed by atoms with E-state index < -0.39 is 0 Å². The van der Waals surface area contributed by atoms with Crippen molar-refractivity contribution in [2.45, 2.75) is 47.6 Å². The predicted molar refractivity (Wildman–Crippen MR) is 92.2 cm³/mol. The number of aromatic nitrogens is 2. The molecular weight excluding hydrogens is 274 g/mol.